The van der Waals surface area contributed by atoms with E-state index in [1.807, 2.05) is 55.5 Å². The Morgan fingerprint density at radius 3 is 2.69 bits per heavy atom. The smallest absolute Gasteiger partial charge is 0.264 e. The highest BCUT2D eigenvalue weighted by atomic mass is 79.9. The number of nitrogens with zero attached hydrogens (tertiary/aromatic N) is 1. The lowest BCUT2D eigenvalue weighted by molar-refractivity contribution is -0.116. The van der Waals surface area contributed by atoms with Gasteiger partial charge in [0.1, 0.15) is 0 Å². The number of carbonyl (C=O) groups excluding carboxylic acids is 1. The molecule has 0 spiro atoms. The summed E-state index contributed by atoms with van der Waals surface area (Å²) in [5.41, 5.74) is 5.15. The average molecular weight is 413 g/mol. The van der Waals surface area contributed by atoms with Crippen molar-refractivity contribution >= 4 is 33.6 Å². The molecule has 1 aliphatic rings. The fourth-order valence-electron chi connectivity index (χ4n) is 2.26. The number of nitrogens with one attached hydrogen (secondary N) is 1. The molecule has 132 valence electrons. The molecular formula is C20H17BrN2O3. The number of hydrazone groups is 1. The second-order valence-electron chi connectivity index (χ2n) is 5.51. The molecule has 0 saturated carbocycles. The van der Waals surface area contributed by atoms with Crippen molar-refractivity contribution in [3.05, 3.63) is 76.3 Å². The number of halogens is 1. The molecule has 1 amide bonds. The summed E-state index contributed by atoms with van der Waals surface area (Å²) in [6.45, 7) is 2.09. The van der Waals surface area contributed by atoms with Crippen LogP contribution in [0.2, 0.25) is 0 Å². The minimum atomic E-state index is -0.295. The van der Waals surface area contributed by atoms with E-state index in [2.05, 4.69) is 26.5 Å². The van der Waals surface area contributed by atoms with Crippen molar-refractivity contribution in [2.45, 2.75) is 6.92 Å². The molecule has 0 bridgehead atoms. The molecule has 0 aromatic heterocycles. The quantitative estimate of drug-likeness (QED) is 0.344. The summed E-state index contributed by atoms with van der Waals surface area (Å²) in [6.07, 6.45) is 6.73. The van der Waals surface area contributed by atoms with Gasteiger partial charge < -0.3 is 9.47 Å². The molecular weight excluding hydrogens is 396 g/mol. The van der Waals surface area contributed by atoms with Crippen LogP contribution in [0.3, 0.4) is 0 Å². The molecule has 0 saturated heterocycles. The van der Waals surface area contributed by atoms with Gasteiger partial charge in [-0.05, 0) is 42.3 Å². The molecule has 1 heterocycles. The van der Waals surface area contributed by atoms with Crippen LogP contribution in [0.1, 0.15) is 18.1 Å². The predicted molar refractivity (Wildman–Crippen MR) is 105 cm³/mol. The lowest BCUT2D eigenvalue weighted by atomic mass is 10.1. The van der Waals surface area contributed by atoms with E-state index in [1.165, 1.54) is 6.08 Å². The predicted octanol–water partition coefficient (Wildman–Crippen LogP) is 4.29. The molecule has 6 heteroatoms. The summed E-state index contributed by atoms with van der Waals surface area (Å²) < 4.78 is 11.6. The molecule has 26 heavy (non-hydrogen) atoms. The van der Waals surface area contributed by atoms with Crippen LogP contribution in [0.4, 0.5) is 0 Å². The monoisotopic (exact) mass is 412 g/mol. The summed E-state index contributed by atoms with van der Waals surface area (Å²) in [4.78, 5) is 11.8. The first-order chi connectivity index (χ1) is 12.6. The molecule has 1 aliphatic heterocycles. The van der Waals surface area contributed by atoms with E-state index in [4.69, 9.17) is 9.47 Å². The third kappa shape index (κ3) is 4.83. The van der Waals surface area contributed by atoms with E-state index < -0.39 is 0 Å². The normalized spacial score (nSPS) is 13.5. The van der Waals surface area contributed by atoms with Gasteiger partial charge in [-0.15, -0.1) is 0 Å². The Hall–Kier alpha value is -2.86. The van der Waals surface area contributed by atoms with E-state index in [0.29, 0.717) is 0 Å². The number of ether oxygens (including phenoxy) is 2. The standard InChI is InChI=1S/C20H17BrN2O3/c1-14(16-7-9-17(21)10-8-16)22-23-20(24)5-3-2-4-15-6-11-18-19(12-15)26-13-25-18/h2-12H,13H2,1H3,(H,23,24)/b4-2+,5-3+,22-14-. The van der Waals surface area contributed by atoms with Gasteiger partial charge in [0.15, 0.2) is 11.5 Å². The van der Waals surface area contributed by atoms with Crippen molar-refractivity contribution < 1.29 is 14.3 Å². The van der Waals surface area contributed by atoms with Crippen molar-refractivity contribution in [2.75, 3.05) is 6.79 Å². The summed E-state index contributed by atoms with van der Waals surface area (Å²) in [5, 5.41) is 4.10. The maximum atomic E-state index is 11.8. The van der Waals surface area contributed by atoms with Crippen LogP contribution >= 0.6 is 15.9 Å². The molecule has 2 aromatic rings. The van der Waals surface area contributed by atoms with Crippen LogP contribution in [-0.2, 0) is 4.79 Å². The molecule has 0 aliphatic carbocycles. The van der Waals surface area contributed by atoms with Crippen molar-refractivity contribution in [3.8, 4) is 11.5 Å². The second-order valence-corrected chi connectivity index (χ2v) is 6.43. The first-order valence-electron chi connectivity index (χ1n) is 7.96. The van der Waals surface area contributed by atoms with Crippen molar-refractivity contribution in [2.24, 2.45) is 5.10 Å². The van der Waals surface area contributed by atoms with Gasteiger partial charge >= 0.3 is 0 Å². The van der Waals surface area contributed by atoms with Crippen LogP contribution in [0.5, 0.6) is 11.5 Å². The number of allylic oxidation sites excluding steroid dienone is 2. The molecule has 0 fully saturated rings. The SMILES string of the molecule is C/C(=N/NC(=O)/C=C/C=C/c1ccc2c(c1)OCO2)c1ccc(Br)cc1. The second kappa shape index (κ2) is 8.49. The number of hydrogen-bond donors (Lipinski definition) is 1. The third-order valence-corrected chi connectivity index (χ3v) is 4.17. The van der Waals surface area contributed by atoms with E-state index in [1.54, 1.807) is 12.2 Å². The van der Waals surface area contributed by atoms with Crippen molar-refractivity contribution in [3.63, 3.8) is 0 Å². The Labute approximate surface area is 160 Å². The largest absolute Gasteiger partial charge is 0.454 e. The van der Waals surface area contributed by atoms with Gasteiger partial charge in [-0.1, -0.05) is 52.4 Å². The Morgan fingerprint density at radius 2 is 1.88 bits per heavy atom. The van der Waals surface area contributed by atoms with Gasteiger partial charge in [-0.3, -0.25) is 4.79 Å². The number of fused-ring (bicyclic) bond motifs is 1. The molecule has 0 unspecified atom stereocenters. The summed E-state index contributed by atoms with van der Waals surface area (Å²) in [5.74, 6) is 1.18. The summed E-state index contributed by atoms with van der Waals surface area (Å²) in [7, 11) is 0. The Morgan fingerprint density at radius 1 is 1.12 bits per heavy atom. The first kappa shape index (κ1) is 17.9. The van der Waals surface area contributed by atoms with Crippen LogP contribution in [0.25, 0.3) is 6.08 Å². The molecule has 5 nitrogen and oxygen atoms in total. The number of carbonyl (C=O) groups is 1. The lowest BCUT2D eigenvalue weighted by Gasteiger charge is -2.01. The minimum Gasteiger partial charge on any atom is -0.454 e. The zero-order valence-electron chi connectivity index (χ0n) is 14.1. The third-order valence-electron chi connectivity index (χ3n) is 3.64. The van der Waals surface area contributed by atoms with Crippen LogP contribution in [-0.4, -0.2) is 18.4 Å². The van der Waals surface area contributed by atoms with Crippen molar-refractivity contribution in [1.82, 2.24) is 5.43 Å². The highest BCUT2D eigenvalue weighted by Crippen LogP contribution is 2.32. The average Bonchev–Trinajstić information content (AvgIpc) is 3.11. The Balaban J connectivity index is 1.52. The van der Waals surface area contributed by atoms with E-state index in [-0.39, 0.29) is 12.7 Å². The topological polar surface area (TPSA) is 59.9 Å². The van der Waals surface area contributed by atoms with Gasteiger partial charge in [0.2, 0.25) is 6.79 Å². The fourth-order valence-corrected chi connectivity index (χ4v) is 2.52. The van der Waals surface area contributed by atoms with Gasteiger partial charge in [0, 0.05) is 10.5 Å². The number of rotatable bonds is 5. The molecule has 1 N–H and O–H groups in total. The van der Waals surface area contributed by atoms with Crippen LogP contribution in [0.15, 0.2) is 70.3 Å². The highest BCUT2D eigenvalue weighted by Gasteiger charge is 2.11. The van der Waals surface area contributed by atoms with E-state index in [9.17, 15) is 4.79 Å². The number of benzene rings is 2. The molecule has 3 rings (SSSR count). The van der Waals surface area contributed by atoms with E-state index in [0.717, 1.165) is 32.8 Å². The fraction of sp³-hybridized carbons (Fsp3) is 0.100. The van der Waals surface area contributed by atoms with E-state index >= 15 is 0 Å². The maximum Gasteiger partial charge on any atom is 0.264 e. The lowest BCUT2D eigenvalue weighted by Crippen LogP contribution is -2.16. The highest BCUT2D eigenvalue weighted by molar-refractivity contribution is 9.10. The van der Waals surface area contributed by atoms with Gasteiger partial charge in [-0.25, -0.2) is 5.43 Å². The summed E-state index contributed by atoms with van der Waals surface area (Å²) in [6, 6.07) is 13.4. The molecule has 0 radical (unpaired) electrons. The first-order valence-corrected chi connectivity index (χ1v) is 8.76. The zero-order valence-corrected chi connectivity index (χ0v) is 15.7. The minimum absolute atomic E-state index is 0.253. The Bertz CT molecular complexity index is 886. The van der Waals surface area contributed by atoms with Crippen molar-refractivity contribution in [1.29, 1.82) is 0 Å². The van der Waals surface area contributed by atoms with Gasteiger partial charge in [0.05, 0.1) is 5.71 Å². The molecule has 0 atom stereocenters. The molecule has 2 aromatic carbocycles. The summed E-state index contributed by atoms with van der Waals surface area (Å²) >= 11 is 3.39. The number of hydrogen-bond acceptors (Lipinski definition) is 4. The maximum absolute atomic E-state index is 11.8. The number of amides is 1. The zero-order chi connectivity index (χ0) is 18.4. The van der Waals surface area contributed by atoms with Gasteiger partial charge in [0.25, 0.3) is 5.91 Å². The van der Waals surface area contributed by atoms with Gasteiger partial charge in [-0.2, -0.15) is 5.10 Å². The Kier molecular flexibility index (Phi) is 5.86. The van der Waals surface area contributed by atoms with Crippen LogP contribution < -0.4 is 14.9 Å². The van der Waals surface area contributed by atoms with Crippen LogP contribution in [0, 0.1) is 0 Å².